The molecule has 0 saturated carbocycles. The molecule has 108 valence electrons. The van der Waals surface area contributed by atoms with E-state index < -0.39 is 17.6 Å². The molecule has 0 atom stereocenters. The monoisotopic (exact) mass is 290 g/mol. The first kappa shape index (κ1) is 14.7. The highest BCUT2D eigenvalue weighted by Gasteiger charge is 2.02. The van der Waals surface area contributed by atoms with Crippen LogP contribution < -0.4 is 4.74 Å². The molecule has 0 aliphatic carbocycles. The zero-order valence-corrected chi connectivity index (χ0v) is 10.9. The van der Waals surface area contributed by atoms with Gasteiger partial charge in [-0.1, -0.05) is 6.07 Å². The maximum Gasteiger partial charge on any atom is 0.328 e. The van der Waals surface area contributed by atoms with Crippen molar-refractivity contribution in [3.05, 3.63) is 71.3 Å². The molecule has 5 heteroatoms. The van der Waals surface area contributed by atoms with Gasteiger partial charge in [0.15, 0.2) is 0 Å². The summed E-state index contributed by atoms with van der Waals surface area (Å²) in [4.78, 5) is 10.4. The van der Waals surface area contributed by atoms with Gasteiger partial charge in [-0.25, -0.2) is 13.6 Å². The average Bonchev–Trinajstić information content (AvgIpc) is 2.43. The Morgan fingerprint density at radius 2 is 1.95 bits per heavy atom. The van der Waals surface area contributed by atoms with Crippen molar-refractivity contribution in [3.63, 3.8) is 0 Å². The lowest BCUT2D eigenvalue weighted by atomic mass is 10.1. The van der Waals surface area contributed by atoms with E-state index in [1.165, 1.54) is 36.4 Å². The van der Waals surface area contributed by atoms with E-state index in [1.54, 1.807) is 12.1 Å². The number of rotatable bonds is 5. The Bertz CT molecular complexity index is 681. The fourth-order valence-electron chi connectivity index (χ4n) is 1.75. The molecule has 2 aromatic rings. The molecule has 2 rings (SSSR count). The van der Waals surface area contributed by atoms with Crippen molar-refractivity contribution in [1.82, 2.24) is 0 Å². The van der Waals surface area contributed by atoms with Gasteiger partial charge in [-0.15, -0.1) is 0 Å². The van der Waals surface area contributed by atoms with Gasteiger partial charge >= 0.3 is 5.97 Å². The number of benzene rings is 2. The second kappa shape index (κ2) is 6.65. The fourth-order valence-corrected chi connectivity index (χ4v) is 1.75. The van der Waals surface area contributed by atoms with Gasteiger partial charge in [-0.3, -0.25) is 0 Å². The van der Waals surface area contributed by atoms with E-state index in [2.05, 4.69) is 0 Å². The van der Waals surface area contributed by atoms with Crippen LogP contribution in [0.4, 0.5) is 8.78 Å². The molecule has 0 radical (unpaired) electrons. The van der Waals surface area contributed by atoms with Crippen molar-refractivity contribution >= 4 is 12.0 Å². The SMILES string of the molecule is O=C(O)C=Cc1cc(F)cc(COc2cccc(F)c2)c1. The highest BCUT2D eigenvalue weighted by molar-refractivity contribution is 5.85. The first-order valence-corrected chi connectivity index (χ1v) is 6.12. The quantitative estimate of drug-likeness (QED) is 0.855. The molecule has 0 aromatic heterocycles. The van der Waals surface area contributed by atoms with Crippen molar-refractivity contribution in [2.75, 3.05) is 0 Å². The normalized spacial score (nSPS) is 10.8. The molecule has 1 N–H and O–H groups in total. The van der Waals surface area contributed by atoms with Crippen LogP contribution in [-0.2, 0) is 11.4 Å². The molecule has 0 spiro atoms. The third-order valence-electron chi connectivity index (χ3n) is 2.60. The number of hydrogen-bond acceptors (Lipinski definition) is 2. The Hall–Kier alpha value is -2.69. The third kappa shape index (κ3) is 4.72. The van der Waals surface area contributed by atoms with Gasteiger partial charge in [0.05, 0.1) is 0 Å². The van der Waals surface area contributed by atoms with Gasteiger partial charge in [0.2, 0.25) is 0 Å². The molecular formula is C16H12F2O3. The van der Waals surface area contributed by atoms with Crippen LogP contribution >= 0.6 is 0 Å². The van der Waals surface area contributed by atoms with E-state index in [9.17, 15) is 13.6 Å². The van der Waals surface area contributed by atoms with Gasteiger partial charge in [0.1, 0.15) is 24.0 Å². The largest absolute Gasteiger partial charge is 0.489 e. The summed E-state index contributed by atoms with van der Waals surface area (Å²) in [6, 6.07) is 9.71. The number of halogens is 2. The zero-order chi connectivity index (χ0) is 15.2. The van der Waals surface area contributed by atoms with Crippen LogP contribution in [0.25, 0.3) is 6.08 Å². The topological polar surface area (TPSA) is 46.5 Å². The first-order valence-electron chi connectivity index (χ1n) is 6.12. The predicted octanol–water partition coefficient (Wildman–Crippen LogP) is 3.64. The summed E-state index contributed by atoms with van der Waals surface area (Å²) in [6.07, 6.45) is 2.21. The van der Waals surface area contributed by atoms with E-state index >= 15 is 0 Å². The molecule has 0 fully saturated rings. The highest BCUT2D eigenvalue weighted by Crippen LogP contribution is 2.16. The van der Waals surface area contributed by atoms with Gasteiger partial charge in [-0.05, 0) is 47.5 Å². The number of carbonyl (C=O) groups is 1. The standard InChI is InChI=1S/C16H12F2O3/c17-13-2-1-3-15(9-13)21-10-12-6-11(4-5-16(19)20)7-14(18)8-12/h1-9H,10H2,(H,19,20). The fraction of sp³-hybridized carbons (Fsp3) is 0.0625. The molecular weight excluding hydrogens is 278 g/mol. The second-order valence-corrected chi connectivity index (χ2v) is 4.31. The van der Waals surface area contributed by atoms with Gasteiger partial charge in [0, 0.05) is 12.1 Å². The number of carboxylic acid groups (broad SMARTS) is 1. The zero-order valence-electron chi connectivity index (χ0n) is 10.9. The van der Waals surface area contributed by atoms with Crippen molar-refractivity contribution in [3.8, 4) is 5.75 Å². The second-order valence-electron chi connectivity index (χ2n) is 4.31. The Kier molecular flexibility index (Phi) is 4.66. The van der Waals surface area contributed by atoms with Crippen molar-refractivity contribution in [2.24, 2.45) is 0 Å². The number of carboxylic acids is 1. The lowest BCUT2D eigenvalue weighted by Gasteiger charge is -2.07. The van der Waals surface area contributed by atoms with Crippen molar-refractivity contribution in [1.29, 1.82) is 0 Å². The summed E-state index contributed by atoms with van der Waals surface area (Å²) in [5.41, 5.74) is 0.930. The van der Waals surface area contributed by atoms with Gasteiger partial charge < -0.3 is 9.84 Å². The van der Waals surface area contributed by atoms with E-state index in [1.807, 2.05) is 0 Å². The lowest BCUT2D eigenvalue weighted by Crippen LogP contribution is -1.97. The molecule has 0 amide bonds. The summed E-state index contributed by atoms with van der Waals surface area (Å²) in [5, 5.41) is 8.55. The minimum Gasteiger partial charge on any atom is -0.489 e. The van der Waals surface area contributed by atoms with Crippen LogP contribution in [0.1, 0.15) is 11.1 Å². The van der Waals surface area contributed by atoms with Crippen LogP contribution in [0.15, 0.2) is 48.5 Å². The van der Waals surface area contributed by atoms with Gasteiger partial charge in [0.25, 0.3) is 0 Å². The van der Waals surface area contributed by atoms with Crippen molar-refractivity contribution < 1.29 is 23.4 Å². The Morgan fingerprint density at radius 1 is 1.14 bits per heavy atom. The number of ether oxygens (including phenoxy) is 1. The molecule has 0 aliphatic rings. The number of aliphatic carboxylic acids is 1. The molecule has 0 aliphatic heterocycles. The van der Waals surface area contributed by atoms with Crippen LogP contribution in [0.3, 0.4) is 0 Å². The number of hydrogen-bond donors (Lipinski definition) is 1. The third-order valence-corrected chi connectivity index (χ3v) is 2.60. The van der Waals surface area contributed by atoms with Crippen molar-refractivity contribution in [2.45, 2.75) is 6.61 Å². The first-order chi connectivity index (χ1) is 10.0. The van der Waals surface area contributed by atoms with E-state index in [-0.39, 0.29) is 6.61 Å². The summed E-state index contributed by atoms with van der Waals surface area (Å²) in [7, 11) is 0. The molecule has 0 saturated heterocycles. The Morgan fingerprint density at radius 3 is 2.67 bits per heavy atom. The molecule has 2 aromatic carbocycles. The molecule has 0 unspecified atom stereocenters. The minimum atomic E-state index is -1.11. The maximum absolute atomic E-state index is 13.4. The van der Waals surface area contributed by atoms with E-state index in [0.29, 0.717) is 16.9 Å². The predicted molar refractivity (Wildman–Crippen MR) is 73.8 cm³/mol. The molecule has 3 nitrogen and oxygen atoms in total. The molecule has 0 heterocycles. The Balaban J connectivity index is 2.11. The highest BCUT2D eigenvalue weighted by atomic mass is 19.1. The summed E-state index contributed by atoms with van der Waals surface area (Å²) < 4.78 is 31.8. The van der Waals surface area contributed by atoms with E-state index in [4.69, 9.17) is 9.84 Å². The Labute approximate surface area is 120 Å². The van der Waals surface area contributed by atoms with Crippen LogP contribution in [0.5, 0.6) is 5.75 Å². The molecule has 0 bridgehead atoms. The lowest BCUT2D eigenvalue weighted by molar-refractivity contribution is -0.131. The summed E-state index contributed by atoms with van der Waals surface area (Å²) in [6.45, 7) is 0.0507. The average molecular weight is 290 g/mol. The van der Waals surface area contributed by atoms with E-state index in [0.717, 1.165) is 6.08 Å². The smallest absolute Gasteiger partial charge is 0.328 e. The summed E-state index contributed by atoms with van der Waals surface area (Å²) >= 11 is 0. The van der Waals surface area contributed by atoms with Crippen LogP contribution in [-0.4, -0.2) is 11.1 Å². The maximum atomic E-state index is 13.4. The van der Waals surface area contributed by atoms with Crippen LogP contribution in [0.2, 0.25) is 0 Å². The van der Waals surface area contributed by atoms with Gasteiger partial charge in [-0.2, -0.15) is 0 Å². The summed E-state index contributed by atoms with van der Waals surface area (Å²) in [5.74, 6) is -1.70. The molecule has 21 heavy (non-hydrogen) atoms. The minimum absolute atomic E-state index is 0.0507. The van der Waals surface area contributed by atoms with Crippen LogP contribution in [0, 0.1) is 11.6 Å².